The molecule has 0 radical (unpaired) electrons. The number of nitrogen functional groups attached to an aromatic ring is 2. The number of aryl methyl sites for hydroxylation is 1. The quantitative estimate of drug-likeness (QED) is 0.0585. The summed E-state index contributed by atoms with van der Waals surface area (Å²) in [4.78, 5) is 44.3. The summed E-state index contributed by atoms with van der Waals surface area (Å²) in [6.45, 7) is 9.59. The second kappa shape index (κ2) is 23.3. The number of aliphatic hydroxyl groups excluding tert-OH is 1. The molecule has 2 aliphatic heterocycles. The number of anilines is 2. The second-order valence-electron chi connectivity index (χ2n) is 13.3. The molecule has 360 valence electrons. The van der Waals surface area contributed by atoms with Crippen molar-refractivity contribution in [3.05, 3.63) is 63.2 Å². The predicted molar refractivity (Wildman–Crippen MR) is 229 cm³/mol. The molecule has 2 saturated heterocycles. The standard InChI is InChI=1S/C14H22N5O7P.C12H19O6PS.C9H11N5O4/c1-3-24-27(21,25-4-2)8-22-6-10-23-5-9(26-10)19-7-16-11-12(19)17-14(15)18-13(11)20;1-4-16-19(13,17-5-2)10-18-20(14,15)12-8-6-11(3)7-9-12;10-9-12-7-6(8(16)13-9)11-3-14(7)4-2-17-5(1-15)18-4/h7,9-10H,3-6,8H2,1-2H3,(H3,15,17,18,20);6-9H,4-5,10H2,1-3H3;3-5,15H,1-2H2,(H3,10,12,13,16). The van der Waals surface area contributed by atoms with Crippen molar-refractivity contribution >= 4 is 59.5 Å². The molecule has 27 nitrogen and oxygen atoms in total. The van der Waals surface area contributed by atoms with Crippen LogP contribution in [0.2, 0.25) is 0 Å². The molecule has 0 aliphatic carbocycles. The number of hydrogen-bond acceptors (Lipinski definition) is 23. The molecule has 5 aromatic rings. The number of rotatable bonds is 19. The maximum atomic E-state index is 12.3. The van der Waals surface area contributed by atoms with Crippen LogP contribution in [0.5, 0.6) is 0 Å². The molecular formula is C35H52N10O17P2S. The maximum absolute atomic E-state index is 12.3. The van der Waals surface area contributed by atoms with Gasteiger partial charge >= 0.3 is 15.2 Å². The van der Waals surface area contributed by atoms with Crippen LogP contribution in [0.25, 0.3) is 22.3 Å². The lowest BCUT2D eigenvalue weighted by Crippen LogP contribution is -2.19. The Hall–Kier alpha value is -4.51. The fraction of sp³-hybridized carbons (Fsp3) is 0.543. The van der Waals surface area contributed by atoms with Crippen molar-refractivity contribution in [1.29, 1.82) is 0 Å². The lowest BCUT2D eigenvalue weighted by molar-refractivity contribution is -0.110. The molecule has 65 heavy (non-hydrogen) atoms. The third-order valence-corrected chi connectivity index (χ3v) is 13.6. The Morgan fingerprint density at radius 2 is 1.20 bits per heavy atom. The topological polar surface area (TPSA) is 360 Å². The highest BCUT2D eigenvalue weighted by Crippen LogP contribution is 2.49. The molecule has 1 aromatic carbocycles. The number of hydrogen-bond donors (Lipinski definition) is 5. The molecule has 0 amide bonds. The smallest absolute Gasteiger partial charge is 0.357 e. The Labute approximate surface area is 371 Å². The Morgan fingerprint density at radius 3 is 1.65 bits per heavy atom. The first-order valence-electron chi connectivity index (χ1n) is 19.9. The lowest BCUT2D eigenvalue weighted by atomic mass is 10.2. The van der Waals surface area contributed by atoms with Crippen LogP contribution in [0.1, 0.15) is 45.7 Å². The van der Waals surface area contributed by atoms with Gasteiger partial charge in [0, 0.05) is 0 Å². The highest BCUT2D eigenvalue weighted by molar-refractivity contribution is 7.87. The van der Waals surface area contributed by atoms with Crippen LogP contribution in [0.3, 0.4) is 0 Å². The first-order valence-corrected chi connectivity index (χ1v) is 24.7. The summed E-state index contributed by atoms with van der Waals surface area (Å²) in [7, 11) is -10.8. The van der Waals surface area contributed by atoms with Crippen molar-refractivity contribution in [2.45, 2.75) is 64.6 Å². The number of benzene rings is 1. The summed E-state index contributed by atoms with van der Waals surface area (Å²) in [5.74, 6) is -0.0116. The van der Waals surface area contributed by atoms with Crippen LogP contribution in [-0.2, 0) is 65.2 Å². The van der Waals surface area contributed by atoms with Gasteiger partial charge in [0.05, 0.1) is 70.4 Å². The molecule has 7 N–H and O–H groups in total. The van der Waals surface area contributed by atoms with Gasteiger partial charge in [-0.25, -0.2) is 9.97 Å². The van der Waals surface area contributed by atoms with Crippen LogP contribution in [0.4, 0.5) is 11.9 Å². The van der Waals surface area contributed by atoms with Gasteiger partial charge in [-0.15, -0.1) is 0 Å². The number of nitrogens with zero attached hydrogens (tertiary/aromatic N) is 6. The number of aromatic amines is 2. The zero-order valence-corrected chi connectivity index (χ0v) is 38.6. The molecule has 0 saturated carbocycles. The van der Waals surface area contributed by atoms with Crippen LogP contribution in [0, 0.1) is 6.92 Å². The van der Waals surface area contributed by atoms with Crippen molar-refractivity contribution in [3.63, 3.8) is 0 Å². The van der Waals surface area contributed by atoms with Gasteiger partial charge in [0.25, 0.3) is 21.2 Å². The molecule has 0 bridgehead atoms. The van der Waals surface area contributed by atoms with Crippen LogP contribution >= 0.6 is 15.2 Å². The molecule has 7 rings (SSSR count). The van der Waals surface area contributed by atoms with Gasteiger partial charge in [0.2, 0.25) is 11.9 Å². The number of nitrogens with two attached hydrogens (primary N) is 2. The summed E-state index contributed by atoms with van der Waals surface area (Å²) in [6, 6.07) is 6.16. The largest absolute Gasteiger partial charge is 0.391 e. The van der Waals surface area contributed by atoms with Crippen molar-refractivity contribution in [1.82, 2.24) is 39.0 Å². The number of fused-ring (bicyclic) bond motifs is 2. The van der Waals surface area contributed by atoms with Crippen LogP contribution in [0.15, 0.2) is 51.4 Å². The zero-order chi connectivity index (χ0) is 47.4. The third-order valence-electron chi connectivity index (χ3n) is 8.62. The van der Waals surface area contributed by atoms with E-state index >= 15 is 0 Å². The average molecular weight is 979 g/mol. The van der Waals surface area contributed by atoms with Crippen molar-refractivity contribution in [2.24, 2.45) is 0 Å². The first-order chi connectivity index (χ1) is 31.0. The molecule has 4 aromatic heterocycles. The maximum Gasteiger partial charge on any atom is 0.357 e. The normalized spacial score (nSPS) is 19.0. The zero-order valence-electron chi connectivity index (χ0n) is 36.0. The lowest BCUT2D eigenvalue weighted by Gasteiger charge is -2.18. The van der Waals surface area contributed by atoms with Gasteiger partial charge < -0.3 is 58.4 Å². The van der Waals surface area contributed by atoms with Gasteiger partial charge in [-0.3, -0.25) is 42.0 Å². The van der Waals surface area contributed by atoms with Crippen molar-refractivity contribution in [3.8, 4) is 0 Å². The number of imidazole rings is 2. The third kappa shape index (κ3) is 13.8. The highest BCUT2D eigenvalue weighted by atomic mass is 32.2. The number of nitrogens with one attached hydrogen (secondary N) is 2. The van der Waals surface area contributed by atoms with E-state index in [1.54, 1.807) is 49.0 Å². The highest BCUT2D eigenvalue weighted by Gasteiger charge is 2.32. The van der Waals surface area contributed by atoms with Crippen molar-refractivity contribution in [2.75, 3.05) is 77.0 Å². The summed E-state index contributed by atoms with van der Waals surface area (Å²) < 4.78 is 104. The van der Waals surface area contributed by atoms with Gasteiger partial charge in [-0.1, -0.05) is 17.7 Å². The molecule has 0 spiro atoms. The number of ether oxygens (including phenoxy) is 5. The van der Waals surface area contributed by atoms with E-state index in [2.05, 4.69) is 29.9 Å². The van der Waals surface area contributed by atoms with E-state index in [-0.39, 0.29) is 87.0 Å². The minimum absolute atomic E-state index is 0.00245. The minimum Gasteiger partial charge on any atom is -0.391 e. The van der Waals surface area contributed by atoms with Gasteiger partial charge in [0.1, 0.15) is 6.35 Å². The molecule has 2 fully saturated rings. The SMILES string of the molecule is CCOP(=O)(COCC1OCC(n2cnc3c(=O)[nH]c(N)nc32)O1)OCC.CCOP(=O)(COS(=O)(=O)c1ccc(C)cc1)OCC.Nc1nc2c(ncn2C2COC(CO)O2)c(=O)[nH]1. The fourth-order valence-corrected chi connectivity index (χ4v) is 9.87. The van der Waals surface area contributed by atoms with E-state index in [1.165, 1.54) is 24.8 Å². The average Bonchev–Trinajstić information content (AvgIpc) is 4.08. The molecular weight excluding hydrogens is 926 g/mol. The molecule has 4 unspecified atom stereocenters. The Kier molecular flexibility index (Phi) is 18.4. The molecule has 6 heterocycles. The van der Waals surface area contributed by atoms with E-state index in [1.807, 2.05) is 6.92 Å². The predicted octanol–water partition coefficient (Wildman–Crippen LogP) is 2.30. The summed E-state index contributed by atoms with van der Waals surface area (Å²) in [5.41, 5.74) is 12.1. The summed E-state index contributed by atoms with van der Waals surface area (Å²) >= 11 is 0. The van der Waals surface area contributed by atoms with Gasteiger partial charge in [0.15, 0.2) is 53.7 Å². The van der Waals surface area contributed by atoms with E-state index in [0.717, 1.165) is 5.56 Å². The van der Waals surface area contributed by atoms with Crippen LogP contribution in [-0.4, -0.2) is 131 Å². The van der Waals surface area contributed by atoms with Crippen LogP contribution < -0.4 is 22.6 Å². The van der Waals surface area contributed by atoms with E-state index in [4.69, 9.17) is 62.5 Å². The molecule has 30 heteroatoms. The van der Waals surface area contributed by atoms with Gasteiger partial charge in [-0.05, 0) is 46.8 Å². The summed E-state index contributed by atoms with van der Waals surface area (Å²) in [6.07, 6.45) is -0.379. The van der Waals surface area contributed by atoms with Crippen molar-refractivity contribution < 1.29 is 68.6 Å². The fourth-order valence-electron chi connectivity index (χ4n) is 5.85. The molecule has 4 atom stereocenters. The Morgan fingerprint density at radius 1 is 0.754 bits per heavy atom. The number of aliphatic hydroxyl groups is 1. The number of H-pyrrole nitrogens is 2. The Balaban J connectivity index is 0.000000188. The monoisotopic (exact) mass is 978 g/mol. The first kappa shape index (κ1) is 51.5. The second-order valence-corrected chi connectivity index (χ2v) is 19.0. The number of aromatic nitrogens is 8. The van der Waals surface area contributed by atoms with E-state index in [9.17, 15) is 27.1 Å². The minimum atomic E-state index is -3.98. The van der Waals surface area contributed by atoms with E-state index in [0.29, 0.717) is 11.3 Å². The van der Waals surface area contributed by atoms with Gasteiger partial charge in [-0.2, -0.15) is 18.4 Å². The van der Waals surface area contributed by atoms with E-state index < -0.39 is 67.8 Å². The summed E-state index contributed by atoms with van der Waals surface area (Å²) in [5, 5.41) is 8.92. The molecule has 2 aliphatic rings. The Bertz CT molecular complexity index is 2640.